The third-order valence-electron chi connectivity index (χ3n) is 3.06. The first-order chi connectivity index (χ1) is 9.51. The summed E-state index contributed by atoms with van der Waals surface area (Å²) in [5.41, 5.74) is -0.555. The molecule has 0 aromatic heterocycles. The van der Waals surface area contributed by atoms with E-state index in [1.807, 2.05) is 13.8 Å². The highest BCUT2D eigenvalue weighted by Gasteiger charge is 2.20. The van der Waals surface area contributed by atoms with Gasteiger partial charge in [-0.25, -0.2) is 0 Å². The summed E-state index contributed by atoms with van der Waals surface area (Å²) in [7, 11) is 0. The number of likely N-dealkylation sites (N-methyl/N-ethyl adjacent to an activating group) is 1. The predicted octanol–water partition coefficient (Wildman–Crippen LogP) is 1.37. The molecule has 0 fully saturated rings. The average Bonchev–Trinajstić information content (AvgIpc) is 2.43. The number of aromatic hydroxyl groups is 1. The normalized spacial score (nSPS) is 10.6. The van der Waals surface area contributed by atoms with Gasteiger partial charge in [0.15, 0.2) is 0 Å². The number of nitro benzene ring substituents is 1. The van der Waals surface area contributed by atoms with Gasteiger partial charge in [-0.1, -0.05) is 19.9 Å². The lowest BCUT2D eigenvalue weighted by Gasteiger charge is -2.18. The summed E-state index contributed by atoms with van der Waals surface area (Å²) >= 11 is 0. The van der Waals surface area contributed by atoms with Crippen LogP contribution in [0.5, 0.6) is 5.75 Å². The van der Waals surface area contributed by atoms with Crippen molar-refractivity contribution in [3.05, 3.63) is 33.9 Å². The SMILES string of the molecule is CCN(CC)CCNC(=O)c1cccc([N+](=O)[O-])c1O. The van der Waals surface area contributed by atoms with Crippen molar-refractivity contribution in [1.82, 2.24) is 10.2 Å². The van der Waals surface area contributed by atoms with Gasteiger partial charge in [0, 0.05) is 19.2 Å². The number of carbonyl (C=O) groups excluding carboxylic acids is 1. The number of benzene rings is 1. The van der Waals surface area contributed by atoms with E-state index in [4.69, 9.17) is 0 Å². The Morgan fingerprint density at radius 3 is 2.60 bits per heavy atom. The molecular weight excluding hydrogens is 262 g/mol. The summed E-state index contributed by atoms with van der Waals surface area (Å²) in [6.07, 6.45) is 0. The van der Waals surface area contributed by atoms with E-state index in [9.17, 15) is 20.0 Å². The highest BCUT2D eigenvalue weighted by Crippen LogP contribution is 2.28. The smallest absolute Gasteiger partial charge is 0.311 e. The second-order valence-corrected chi connectivity index (χ2v) is 4.21. The van der Waals surface area contributed by atoms with Gasteiger partial charge in [-0.15, -0.1) is 0 Å². The zero-order valence-electron chi connectivity index (χ0n) is 11.6. The summed E-state index contributed by atoms with van der Waals surface area (Å²) in [4.78, 5) is 24.0. The number of nitrogens with one attached hydrogen (secondary N) is 1. The van der Waals surface area contributed by atoms with Crippen LogP contribution in [0.15, 0.2) is 18.2 Å². The van der Waals surface area contributed by atoms with E-state index in [1.165, 1.54) is 12.1 Å². The van der Waals surface area contributed by atoms with Crippen LogP contribution >= 0.6 is 0 Å². The first-order valence-electron chi connectivity index (χ1n) is 6.48. The number of hydrogen-bond donors (Lipinski definition) is 2. The molecule has 0 saturated heterocycles. The summed E-state index contributed by atoms with van der Waals surface area (Å²) in [5, 5.41) is 23.0. The lowest BCUT2D eigenvalue weighted by molar-refractivity contribution is -0.385. The number of amides is 1. The van der Waals surface area contributed by atoms with Gasteiger partial charge in [0.25, 0.3) is 5.91 Å². The molecule has 1 aromatic rings. The van der Waals surface area contributed by atoms with Gasteiger partial charge in [-0.05, 0) is 19.2 Å². The number of nitro groups is 1. The molecule has 0 aliphatic carbocycles. The summed E-state index contributed by atoms with van der Waals surface area (Å²) < 4.78 is 0. The van der Waals surface area contributed by atoms with Gasteiger partial charge < -0.3 is 15.3 Å². The number of carbonyl (C=O) groups is 1. The van der Waals surface area contributed by atoms with Crippen molar-refractivity contribution < 1.29 is 14.8 Å². The Morgan fingerprint density at radius 2 is 2.05 bits per heavy atom. The van der Waals surface area contributed by atoms with Crippen molar-refractivity contribution >= 4 is 11.6 Å². The molecule has 20 heavy (non-hydrogen) atoms. The molecule has 7 nitrogen and oxygen atoms in total. The second-order valence-electron chi connectivity index (χ2n) is 4.21. The molecule has 0 heterocycles. The first-order valence-corrected chi connectivity index (χ1v) is 6.48. The van der Waals surface area contributed by atoms with Crippen molar-refractivity contribution in [2.45, 2.75) is 13.8 Å². The summed E-state index contributed by atoms with van der Waals surface area (Å²) in [6.45, 7) is 6.93. The molecule has 2 N–H and O–H groups in total. The molecule has 0 spiro atoms. The van der Waals surface area contributed by atoms with Crippen LogP contribution in [-0.4, -0.2) is 47.0 Å². The Bertz CT molecular complexity index is 487. The zero-order chi connectivity index (χ0) is 15.1. The van der Waals surface area contributed by atoms with Crippen LogP contribution in [-0.2, 0) is 0 Å². The fourth-order valence-corrected chi connectivity index (χ4v) is 1.82. The Hall–Kier alpha value is -2.15. The monoisotopic (exact) mass is 281 g/mol. The van der Waals surface area contributed by atoms with Crippen molar-refractivity contribution in [2.75, 3.05) is 26.2 Å². The number of para-hydroxylation sites is 1. The fraction of sp³-hybridized carbons (Fsp3) is 0.462. The van der Waals surface area contributed by atoms with Gasteiger partial charge in [0.05, 0.1) is 10.5 Å². The van der Waals surface area contributed by atoms with Gasteiger partial charge >= 0.3 is 5.69 Å². The highest BCUT2D eigenvalue weighted by molar-refractivity contribution is 5.98. The van der Waals surface area contributed by atoms with E-state index in [-0.39, 0.29) is 5.56 Å². The van der Waals surface area contributed by atoms with Crippen LogP contribution in [0.4, 0.5) is 5.69 Å². The number of hydrogen-bond acceptors (Lipinski definition) is 5. The molecule has 0 saturated carbocycles. The molecule has 1 aromatic carbocycles. The van der Waals surface area contributed by atoms with Gasteiger partial charge in [-0.3, -0.25) is 14.9 Å². The third-order valence-corrected chi connectivity index (χ3v) is 3.06. The molecule has 7 heteroatoms. The van der Waals surface area contributed by atoms with Crippen LogP contribution in [0.2, 0.25) is 0 Å². The molecule has 0 atom stereocenters. The van der Waals surface area contributed by atoms with Crippen molar-refractivity contribution in [3.8, 4) is 5.75 Å². The molecule has 1 amide bonds. The van der Waals surface area contributed by atoms with Crippen LogP contribution in [0.1, 0.15) is 24.2 Å². The van der Waals surface area contributed by atoms with Crippen LogP contribution < -0.4 is 5.32 Å². The maximum absolute atomic E-state index is 11.9. The van der Waals surface area contributed by atoms with E-state index in [0.717, 1.165) is 19.2 Å². The third kappa shape index (κ3) is 3.92. The van der Waals surface area contributed by atoms with Crippen molar-refractivity contribution in [2.24, 2.45) is 0 Å². The number of rotatable bonds is 7. The Kier molecular flexibility index (Phi) is 5.92. The predicted molar refractivity (Wildman–Crippen MR) is 74.9 cm³/mol. The van der Waals surface area contributed by atoms with E-state index in [0.29, 0.717) is 13.1 Å². The highest BCUT2D eigenvalue weighted by atomic mass is 16.6. The van der Waals surface area contributed by atoms with Crippen LogP contribution in [0, 0.1) is 10.1 Å². The molecule has 0 unspecified atom stereocenters. The lowest BCUT2D eigenvalue weighted by atomic mass is 10.1. The Morgan fingerprint density at radius 1 is 1.40 bits per heavy atom. The summed E-state index contributed by atoms with van der Waals surface area (Å²) in [5.74, 6) is -1.11. The van der Waals surface area contributed by atoms with Crippen molar-refractivity contribution in [1.29, 1.82) is 0 Å². The standard InChI is InChI=1S/C13H19N3O4/c1-3-15(4-2)9-8-14-13(18)10-6-5-7-11(12(10)17)16(19)20/h5-7,17H,3-4,8-9H2,1-2H3,(H,14,18). The molecule has 110 valence electrons. The second kappa shape index (κ2) is 7.44. The van der Waals surface area contributed by atoms with E-state index in [2.05, 4.69) is 10.2 Å². The Labute approximate surface area is 117 Å². The molecule has 0 aliphatic heterocycles. The molecule has 0 bridgehead atoms. The van der Waals surface area contributed by atoms with E-state index in [1.54, 1.807) is 0 Å². The van der Waals surface area contributed by atoms with E-state index >= 15 is 0 Å². The van der Waals surface area contributed by atoms with Crippen LogP contribution in [0.3, 0.4) is 0 Å². The van der Waals surface area contributed by atoms with E-state index < -0.39 is 22.3 Å². The molecule has 0 aliphatic rings. The van der Waals surface area contributed by atoms with Crippen molar-refractivity contribution in [3.63, 3.8) is 0 Å². The minimum absolute atomic E-state index is 0.0845. The number of nitrogens with zero attached hydrogens (tertiary/aromatic N) is 2. The minimum Gasteiger partial charge on any atom is -0.502 e. The van der Waals surface area contributed by atoms with Crippen LogP contribution in [0.25, 0.3) is 0 Å². The summed E-state index contributed by atoms with van der Waals surface area (Å²) in [6, 6.07) is 3.88. The maximum Gasteiger partial charge on any atom is 0.311 e. The quantitative estimate of drug-likeness (QED) is 0.581. The first kappa shape index (κ1) is 15.9. The topological polar surface area (TPSA) is 95.7 Å². The fourth-order valence-electron chi connectivity index (χ4n) is 1.82. The zero-order valence-corrected chi connectivity index (χ0v) is 11.6. The maximum atomic E-state index is 11.9. The largest absolute Gasteiger partial charge is 0.502 e. The Balaban J connectivity index is 2.69. The molecule has 0 radical (unpaired) electrons. The van der Waals surface area contributed by atoms with Gasteiger partial charge in [0.1, 0.15) is 0 Å². The average molecular weight is 281 g/mol. The lowest BCUT2D eigenvalue weighted by Crippen LogP contribution is -2.34. The molecular formula is C13H19N3O4. The van der Waals surface area contributed by atoms with Gasteiger partial charge in [0.2, 0.25) is 5.75 Å². The number of phenolic OH excluding ortho intramolecular Hbond substituents is 1. The number of phenols is 1. The minimum atomic E-state index is -0.720. The molecule has 1 rings (SSSR count). The van der Waals surface area contributed by atoms with Gasteiger partial charge in [-0.2, -0.15) is 0 Å².